The van der Waals surface area contributed by atoms with Crippen LogP contribution in [0.15, 0.2) is 29.2 Å². The highest BCUT2D eigenvalue weighted by atomic mass is 35.5. The minimum Gasteiger partial charge on any atom is -0.342 e. The van der Waals surface area contributed by atoms with Crippen molar-refractivity contribution in [3.05, 3.63) is 29.8 Å². The van der Waals surface area contributed by atoms with E-state index in [1.54, 1.807) is 28.6 Å². The molecule has 8 heteroatoms. The van der Waals surface area contributed by atoms with Crippen molar-refractivity contribution in [2.24, 2.45) is 0 Å². The molecule has 1 aromatic carbocycles. The lowest BCUT2D eigenvalue weighted by atomic mass is 10.0. The van der Waals surface area contributed by atoms with E-state index in [1.165, 1.54) is 0 Å². The summed E-state index contributed by atoms with van der Waals surface area (Å²) in [4.78, 5) is 14.7. The van der Waals surface area contributed by atoms with E-state index in [9.17, 15) is 13.2 Å². The Bertz CT molecular complexity index is 712. The monoisotopic (exact) mass is 415 g/mol. The topological polar surface area (TPSA) is 69.7 Å². The summed E-state index contributed by atoms with van der Waals surface area (Å²) in [5.74, 6) is 0.0866. The summed E-state index contributed by atoms with van der Waals surface area (Å²) in [7, 11) is -1.54. The SMILES string of the molecule is CN(C(=O)Cc1ccc(S(=O)(=O)N2CCCCC2)cc1)C1CCNCC1.Cl. The van der Waals surface area contributed by atoms with E-state index in [2.05, 4.69) is 5.32 Å². The van der Waals surface area contributed by atoms with Crippen LogP contribution >= 0.6 is 12.4 Å². The third-order valence-electron chi connectivity index (χ3n) is 5.48. The summed E-state index contributed by atoms with van der Waals surface area (Å²) in [6, 6.07) is 7.10. The zero-order chi connectivity index (χ0) is 18.6. The Kier molecular flexibility index (Phi) is 8.09. The molecule has 0 saturated carbocycles. The highest BCUT2D eigenvalue weighted by Gasteiger charge is 2.26. The van der Waals surface area contributed by atoms with Gasteiger partial charge in [-0.3, -0.25) is 4.79 Å². The highest BCUT2D eigenvalue weighted by Crippen LogP contribution is 2.21. The van der Waals surface area contributed by atoms with Gasteiger partial charge in [0, 0.05) is 26.2 Å². The van der Waals surface area contributed by atoms with Gasteiger partial charge >= 0.3 is 0 Å². The molecule has 0 unspecified atom stereocenters. The number of piperidine rings is 2. The van der Waals surface area contributed by atoms with Crippen LogP contribution in [0.1, 0.15) is 37.7 Å². The van der Waals surface area contributed by atoms with Crippen LogP contribution < -0.4 is 5.32 Å². The van der Waals surface area contributed by atoms with Crippen molar-refractivity contribution in [1.29, 1.82) is 0 Å². The number of hydrogen-bond donors (Lipinski definition) is 1. The maximum atomic E-state index is 12.7. The van der Waals surface area contributed by atoms with Crippen molar-refractivity contribution >= 4 is 28.3 Å². The molecule has 2 fully saturated rings. The van der Waals surface area contributed by atoms with E-state index in [1.807, 2.05) is 11.9 Å². The number of amides is 1. The van der Waals surface area contributed by atoms with Gasteiger partial charge in [0.15, 0.2) is 0 Å². The average Bonchev–Trinajstić information content (AvgIpc) is 2.69. The van der Waals surface area contributed by atoms with Crippen LogP contribution in [0.3, 0.4) is 0 Å². The number of nitrogens with one attached hydrogen (secondary N) is 1. The van der Waals surface area contributed by atoms with Crippen molar-refractivity contribution in [1.82, 2.24) is 14.5 Å². The molecule has 2 aliphatic rings. The molecule has 1 amide bonds. The second-order valence-electron chi connectivity index (χ2n) is 7.27. The zero-order valence-electron chi connectivity index (χ0n) is 15.9. The first kappa shape index (κ1) is 22.1. The Morgan fingerprint density at radius 3 is 2.30 bits per heavy atom. The summed E-state index contributed by atoms with van der Waals surface area (Å²) in [6.45, 7) is 3.10. The Hall–Kier alpha value is -1.15. The van der Waals surface area contributed by atoms with Gasteiger partial charge in [-0.05, 0) is 56.5 Å². The van der Waals surface area contributed by atoms with Crippen LogP contribution in [0.25, 0.3) is 0 Å². The molecule has 1 aromatic rings. The highest BCUT2D eigenvalue weighted by molar-refractivity contribution is 7.89. The fraction of sp³-hybridized carbons (Fsp3) is 0.632. The smallest absolute Gasteiger partial charge is 0.243 e. The van der Waals surface area contributed by atoms with E-state index in [4.69, 9.17) is 0 Å². The number of carbonyl (C=O) groups is 1. The van der Waals surface area contributed by atoms with Crippen molar-refractivity contribution in [2.45, 2.75) is 49.5 Å². The van der Waals surface area contributed by atoms with E-state index in [0.29, 0.717) is 30.4 Å². The second kappa shape index (κ2) is 9.87. The standard InChI is InChI=1S/C19H29N3O3S.ClH/c1-21(17-9-11-20-12-10-17)19(23)15-16-5-7-18(8-6-16)26(24,25)22-13-3-2-4-14-22;/h5-8,17,20H,2-4,9-15H2,1H3;1H. The van der Waals surface area contributed by atoms with Gasteiger partial charge in [-0.2, -0.15) is 4.31 Å². The van der Waals surface area contributed by atoms with Gasteiger partial charge in [0.25, 0.3) is 0 Å². The first-order chi connectivity index (χ1) is 12.5. The first-order valence-electron chi connectivity index (χ1n) is 9.54. The van der Waals surface area contributed by atoms with Gasteiger partial charge in [-0.25, -0.2) is 8.42 Å². The average molecular weight is 416 g/mol. The molecule has 27 heavy (non-hydrogen) atoms. The number of rotatable bonds is 5. The van der Waals surface area contributed by atoms with Crippen molar-refractivity contribution in [3.63, 3.8) is 0 Å². The Balaban J connectivity index is 0.00000261. The van der Waals surface area contributed by atoms with E-state index in [0.717, 1.165) is 50.8 Å². The minimum atomic E-state index is -3.41. The fourth-order valence-electron chi connectivity index (χ4n) is 3.73. The van der Waals surface area contributed by atoms with Crippen molar-refractivity contribution in [3.8, 4) is 0 Å². The normalized spacial score (nSPS) is 19.3. The fourth-order valence-corrected chi connectivity index (χ4v) is 5.25. The molecule has 3 rings (SSSR count). The van der Waals surface area contributed by atoms with Crippen LogP contribution in [0.4, 0.5) is 0 Å². The molecule has 0 spiro atoms. The molecule has 2 heterocycles. The number of sulfonamides is 1. The lowest BCUT2D eigenvalue weighted by Crippen LogP contribution is -2.44. The molecular weight excluding hydrogens is 386 g/mol. The molecule has 2 saturated heterocycles. The number of halogens is 1. The van der Waals surface area contributed by atoms with Gasteiger partial charge in [-0.15, -0.1) is 12.4 Å². The molecule has 2 aliphatic heterocycles. The second-order valence-corrected chi connectivity index (χ2v) is 9.21. The maximum absolute atomic E-state index is 12.7. The van der Waals surface area contributed by atoms with Gasteiger partial charge in [0.05, 0.1) is 11.3 Å². The molecule has 0 atom stereocenters. The molecule has 6 nitrogen and oxygen atoms in total. The Morgan fingerprint density at radius 2 is 1.70 bits per heavy atom. The third kappa shape index (κ3) is 5.44. The molecule has 1 N–H and O–H groups in total. The molecular formula is C19H30ClN3O3S. The lowest BCUT2D eigenvalue weighted by Gasteiger charge is -2.31. The summed E-state index contributed by atoms with van der Waals surface area (Å²) in [5, 5.41) is 3.31. The summed E-state index contributed by atoms with van der Waals surface area (Å²) < 4.78 is 26.9. The summed E-state index contributed by atoms with van der Waals surface area (Å²) >= 11 is 0. The number of hydrogen-bond acceptors (Lipinski definition) is 4. The van der Waals surface area contributed by atoms with Gasteiger partial charge in [0.1, 0.15) is 0 Å². The zero-order valence-corrected chi connectivity index (χ0v) is 17.5. The maximum Gasteiger partial charge on any atom is 0.243 e. The van der Waals surface area contributed by atoms with Crippen LogP contribution in [-0.4, -0.2) is 62.8 Å². The van der Waals surface area contributed by atoms with Crippen LogP contribution in [0.5, 0.6) is 0 Å². The predicted molar refractivity (Wildman–Crippen MR) is 109 cm³/mol. The quantitative estimate of drug-likeness (QED) is 0.798. The van der Waals surface area contributed by atoms with Gasteiger partial charge < -0.3 is 10.2 Å². The Morgan fingerprint density at radius 1 is 1.11 bits per heavy atom. The predicted octanol–water partition coefficient (Wildman–Crippen LogP) is 2.04. The summed E-state index contributed by atoms with van der Waals surface area (Å²) in [6.07, 6.45) is 5.22. The van der Waals surface area contributed by atoms with Crippen LogP contribution in [-0.2, 0) is 21.2 Å². The number of likely N-dealkylation sites (N-methyl/N-ethyl adjacent to an activating group) is 1. The van der Waals surface area contributed by atoms with Crippen LogP contribution in [0, 0.1) is 0 Å². The Labute approximate surface area is 168 Å². The number of benzene rings is 1. The lowest BCUT2D eigenvalue weighted by molar-refractivity contribution is -0.131. The molecule has 152 valence electrons. The summed E-state index contributed by atoms with van der Waals surface area (Å²) in [5.41, 5.74) is 0.855. The van der Waals surface area contributed by atoms with E-state index >= 15 is 0 Å². The first-order valence-corrected chi connectivity index (χ1v) is 11.0. The van der Waals surface area contributed by atoms with E-state index < -0.39 is 10.0 Å². The molecule has 0 aromatic heterocycles. The minimum absolute atomic E-state index is 0. The van der Waals surface area contributed by atoms with Crippen molar-refractivity contribution < 1.29 is 13.2 Å². The number of carbonyl (C=O) groups excluding carboxylic acids is 1. The van der Waals surface area contributed by atoms with E-state index in [-0.39, 0.29) is 18.3 Å². The third-order valence-corrected chi connectivity index (χ3v) is 7.39. The molecule has 0 bridgehead atoms. The van der Waals surface area contributed by atoms with Crippen LogP contribution in [0.2, 0.25) is 0 Å². The van der Waals surface area contributed by atoms with Gasteiger partial charge in [0.2, 0.25) is 15.9 Å². The largest absolute Gasteiger partial charge is 0.342 e. The van der Waals surface area contributed by atoms with Crippen molar-refractivity contribution in [2.75, 3.05) is 33.2 Å². The number of nitrogens with zero attached hydrogens (tertiary/aromatic N) is 2. The van der Waals surface area contributed by atoms with Gasteiger partial charge in [-0.1, -0.05) is 18.6 Å². The molecule has 0 radical (unpaired) electrons. The molecule has 0 aliphatic carbocycles.